The molecule has 0 aliphatic carbocycles. The Labute approximate surface area is 158 Å². The van der Waals surface area contributed by atoms with Crippen molar-refractivity contribution in [1.29, 1.82) is 0 Å². The lowest BCUT2D eigenvalue weighted by Gasteiger charge is -2.38. The van der Waals surface area contributed by atoms with Crippen LogP contribution in [-0.2, 0) is 4.79 Å². The number of ether oxygens (including phenoxy) is 1. The van der Waals surface area contributed by atoms with Crippen LogP contribution in [0.5, 0.6) is 5.75 Å². The van der Waals surface area contributed by atoms with Crippen LogP contribution in [0.15, 0.2) is 24.3 Å². The van der Waals surface area contributed by atoms with Crippen LogP contribution in [0.25, 0.3) is 0 Å². The van der Waals surface area contributed by atoms with Gasteiger partial charge in [0.25, 0.3) is 0 Å². The molecular formula is C19H24N6O2. The van der Waals surface area contributed by atoms with Gasteiger partial charge in [0.05, 0.1) is 7.11 Å². The van der Waals surface area contributed by atoms with Crippen molar-refractivity contribution >= 4 is 28.9 Å². The number of aryl methyl sites for hydroxylation is 1. The molecule has 27 heavy (non-hydrogen) atoms. The quantitative estimate of drug-likeness (QED) is 0.856. The lowest BCUT2D eigenvalue weighted by Crippen LogP contribution is -2.47. The smallest absolute Gasteiger partial charge is 0.246 e. The van der Waals surface area contributed by atoms with Crippen LogP contribution >= 0.6 is 0 Å². The van der Waals surface area contributed by atoms with Crippen molar-refractivity contribution in [3.8, 4) is 5.75 Å². The summed E-state index contributed by atoms with van der Waals surface area (Å²) in [5.41, 5.74) is 1.86. The Morgan fingerprint density at radius 2 is 1.74 bits per heavy atom. The predicted molar refractivity (Wildman–Crippen MR) is 106 cm³/mol. The zero-order chi connectivity index (χ0) is 19.0. The fraction of sp³-hybridized carbons (Fsp3) is 0.421. The van der Waals surface area contributed by atoms with Crippen molar-refractivity contribution < 1.29 is 9.53 Å². The van der Waals surface area contributed by atoms with Gasteiger partial charge in [-0.2, -0.15) is 0 Å². The molecule has 0 spiro atoms. The van der Waals surface area contributed by atoms with Crippen LogP contribution in [0, 0.1) is 6.92 Å². The van der Waals surface area contributed by atoms with Crippen LogP contribution < -0.4 is 25.2 Å². The number of hydrogen-bond donors (Lipinski definition) is 2. The molecule has 8 nitrogen and oxygen atoms in total. The Kier molecular flexibility index (Phi) is 4.47. The van der Waals surface area contributed by atoms with Crippen LogP contribution in [0.3, 0.4) is 0 Å². The number of anilines is 4. The van der Waals surface area contributed by atoms with E-state index in [-0.39, 0.29) is 11.9 Å². The normalized spacial score (nSPS) is 19.2. The Morgan fingerprint density at radius 1 is 1.07 bits per heavy atom. The number of methoxy groups -OCH3 is 1. The summed E-state index contributed by atoms with van der Waals surface area (Å²) < 4.78 is 5.23. The fourth-order valence-corrected chi connectivity index (χ4v) is 3.48. The number of carbonyl (C=O) groups is 1. The molecule has 1 atom stereocenters. The summed E-state index contributed by atoms with van der Waals surface area (Å²) in [7, 11) is 1.67. The first-order valence-electron chi connectivity index (χ1n) is 9.15. The van der Waals surface area contributed by atoms with Crippen molar-refractivity contribution in [3.63, 3.8) is 0 Å². The van der Waals surface area contributed by atoms with E-state index in [1.807, 2.05) is 26.0 Å². The third kappa shape index (κ3) is 3.34. The molecule has 0 saturated carbocycles. The minimum absolute atomic E-state index is 0.0620. The van der Waals surface area contributed by atoms with Crippen LogP contribution in [0.2, 0.25) is 0 Å². The van der Waals surface area contributed by atoms with Crippen LogP contribution in [-0.4, -0.2) is 55.2 Å². The van der Waals surface area contributed by atoms with Gasteiger partial charge in [0.15, 0.2) is 11.6 Å². The molecule has 4 rings (SSSR count). The first-order valence-corrected chi connectivity index (χ1v) is 9.15. The molecule has 8 heteroatoms. The second kappa shape index (κ2) is 6.94. The van der Waals surface area contributed by atoms with Gasteiger partial charge in [0, 0.05) is 31.9 Å². The van der Waals surface area contributed by atoms with Gasteiger partial charge in [0.2, 0.25) is 5.91 Å². The van der Waals surface area contributed by atoms with E-state index in [0.29, 0.717) is 17.3 Å². The summed E-state index contributed by atoms with van der Waals surface area (Å²) >= 11 is 0. The van der Waals surface area contributed by atoms with Crippen molar-refractivity contribution in [2.45, 2.75) is 19.9 Å². The average Bonchev–Trinajstić information content (AvgIpc) is 2.69. The number of nitrogens with zero attached hydrogens (tertiary/aromatic N) is 4. The number of benzene rings is 1. The minimum atomic E-state index is -0.299. The van der Waals surface area contributed by atoms with Gasteiger partial charge in [-0.05, 0) is 38.1 Å². The van der Waals surface area contributed by atoms with E-state index in [9.17, 15) is 4.79 Å². The molecule has 0 radical (unpaired) electrons. The molecule has 1 aromatic heterocycles. The molecule has 2 aromatic rings. The van der Waals surface area contributed by atoms with E-state index >= 15 is 0 Å². The lowest BCUT2D eigenvalue weighted by molar-refractivity contribution is -0.116. The van der Waals surface area contributed by atoms with Gasteiger partial charge in [-0.15, -0.1) is 0 Å². The average molecular weight is 368 g/mol. The molecule has 1 amide bonds. The monoisotopic (exact) mass is 368 g/mol. The largest absolute Gasteiger partial charge is 0.497 e. The van der Waals surface area contributed by atoms with E-state index in [1.165, 1.54) is 5.69 Å². The maximum absolute atomic E-state index is 12.1. The molecule has 2 aliphatic rings. The molecule has 1 fully saturated rings. The highest BCUT2D eigenvalue weighted by atomic mass is 16.5. The van der Waals surface area contributed by atoms with E-state index in [1.54, 1.807) is 7.11 Å². The first-order chi connectivity index (χ1) is 13.0. The van der Waals surface area contributed by atoms with Crippen molar-refractivity contribution in [2.75, 3.05) is 53.7 Å². The number of carbonyl (C=O) groups excluding carboxylic acids is 1. The maximum Gasteiger partial charge on any atom is 0.246 e. The molecule has 1 unspecified atom stereocenters. The van der Waals surface area contributed by atoms with Gasteiger partial charge >= 0.3 is 0 Å². The Hall–Kier alpha value is -3.03. The Morgan fingerprint density at radius 3 is 2.41 bits per heavy atom. The van der Waals surface area contributed by atoms with Crippen molar-refractivity contribution in [2.24, 2.45) is 0 Å². The minimum Gasteiger partial charge on any atom is -0.497 e. The number of amides is 1. The van der Waals surface area contributed by atoms with Gasteiger partial charge < -0.3 is 25.2 Å². The zero-order valence-electron chi connectivity index (χ0n) is 15.8. The molecule has 142 valence electrons. The van der Waals surface area contributed by atoms with E-state index < -0.39 is 0 Å². The third-order valence-corrected chi connectivity index (χ3v) is 5.01. The summed E-state index contributed by atoms with van der Waals surface area (Å²) in [5.74, 6) is 2.98. The molecule has 1 saturated heterocycles. The van der Waals surface area contributed by atoms with Gasteiger partial charge in [-0.25, -0.2) is 9.97 Å². The molecule has 0 bridgehead atoms. The van der Waals surface area contributed by atoms with E-state index in [4.69, 9.17) is 4.74 Å². The number of piperazine rings is 1. The van der Waals surface area contributed by atoms with E-state index in [2.05, 4.69) is 42.5 Å². The number of hydrogen-bond acceptors (Lipinski definition) is 7. The van der Waals surface area contributed by atoms with E-state index in [0.717, 1.165) is 37.7 Å². The highest BCUT2D eigenvalue weighted by Gasteiger charge is 2.29. The summed E-state index contributed by atoms with van der Waals surface area (Å²) in [4.78, 5) is 25.7. The maximum atomic E-state index is 12.1. The van der Waals surface area contributed by atoms with Crippen LogP contribution in [0.1, 0.15) is 12.7 Å². The second-order valence-electron chi connectivity index (χ2n) is 6.85. The second-order valence-corrected chi connectivity index (χ2v) is 6.85. The van der Waals surface area contributed by atoms with Gasteiger partial charge in [-0.3, -0.25) is 4.79 Å². The topological polar surface area (TPSA) is 82.6 Å². The van der Waals surface area contributed by atoms with Crippen molar-refractivity contribution in [1.82, 2.24) is 9.97 Å². The van der Waals surface area contributed by atoms with Gasteiger partial charge in [-0.1, -0.05) is 0 Å². The number of nitrogens with one attached hydrogen (secondary N) is 2. The summed E-state index contributed by atoms with van der Waals surface area (Å²) in [5, 5.41) is 6.13. The molecule has 2 N–H and O–H groups in total. The molecule has 1 aromatic carbocycles. The number of rotatable bonds is 3. The predicted octanol–water partition coefficient (Wildman–Crippen LogP) is 1.87. The first kappa shape index (κ1) is 17.4. The standard InChI is InChI=1S/C19H24N6O2/c1-12-19(26)23-16-17(20-12)21-13(2)22-18(16)25-10-8-24(9-11-25)14-4-6-15(27-3)7-5-14/h4-7,12H,8-11H2,1-3H3,(H,23,26)(H,20,21,22). The summed E-state index contributed by atoms with van der Waals surface area (Å²) in [6.45, 7) is 7.09. The molecule has 2 aliphatic heterocycles. The summed E-state index contributed by atoms with van der Waals surface area (Å²) in [6, 6.07) is 7.82. The summed E-state index contributed by atoms with van der Waals surface area (Å²) in [6.07, 6.45) is 0. The zero-order valence-corrected chi connectivity index (χ0v) is 15.8. The SMILES string of the molecule is COc1ccc(N2CCN(c3nc(C)nc4c3NC(=O)C(C)N4)CC2)cc1. The number of fused-ring (bicyclic) bond motifs is 1. The van der Waals surface area contributed by atoms with Gasteiger partial charge in [0.1, 0.15) is 23.3 Å². The van der Waals surface area contributed by atoms with Crippen molar-refractivity contribution in [3.05, 3.63) is 30.1 Å². The molecular weight excluding hydrogens is 344 g/mol. The third-order valence-electron chi connectivity index (χ3n) is 5.01. The highest BCUT2D eigenvalue weighted by molar-refractivity contribution is 6.04. The Balaban J connectivity index is 1.52. The highest BCUT2D eigenvalue weighted by Crippen LogP contribution is 2.34. The lowest BCUT2D eigenvalue weighted by atomic mass is 10.2. The van der Waals surface area contributed by atoms with Crippen LogP contribution in [0.4, 0.5) is 23.0 Å². The Bertz CT molecular complexity index is 846. The fourth-order valence-electron chi connectivity index (χ4n) is 3.48. The molecule has 3 heterocycles. The number of aromatic nitrogens is 2.